The second-order valence-corrected chi connectivity index (χ2v) is 4.79. The van der Waals surface area contributed by atoms with E-state index in [1.54, 1.807) is 0 Å². The molecule has 4 nitrogen and oxygen atoms in total. The first kappa shape index (κ1) is 14.9. The Balaban J connectivity index is 2.66. The molecule has 0 saturated carbocycles. The van der Waals surface area contributed by atoms with E-state index in [2.05, 4.69) is 26.0 Å². The van der Waals surface area contributed by atoms with Crippen LogP contribution in [0.4, 0.5) is 4.39 Å². The normalized spacial score (nSPS) is 11.8. The van der Waals surface area contributed by atoms with E-state index in [9.17, 15) is 14.0 Å². The molecule has 0 spiro atoms. The quantitative estimate of drug-likeness (QED) is 0.676. The lowest BCUT2D eigenvalue weighted by Crippen LogP contribution is -2.34. The highest BCUT2D eigenvalue weighted by atomic mass is 79.9. The van der Waals surface area contributed by atoms with Crippen LogP contribution in [-0.4, -0.2) is 30.4 Å². The average molecular weight is 339 g/mol. The van der Waals surface area contributed by atoms with Crippen molar-refractivity contribution in [1.82, 2.24) is 5.32 Å². The summed E-state index contributed by atoms with van der Waals surface area (Å²) in [5.41, 5.74) is 0.0150. The Hall–Kier alpha value is -1.14. The highest BCUT2D eigenvalue weighted by molar-refractivity contribution is 9.10. The van der Waals surface area contributed by atoms with Crippen LogP contribution in [-0.2, 0) is 9.53 Å². The van der Waals surface area contributed by atoms with Gasteiger partial charge in [0.1, 0.15) is 10.6 Å². The number of carbonyl (C=O) groups excluding carboxylic acids is 2. The zero-order valence-corrected chi connectivity index (χ0v) is 11.7. The van der Waals surface area contributed by atoms with Gasteiger partial charge in [-0.15, -0.1) is 0 Å². The number of esters is 1. The number of carbonyl (C=O) groups is 2. The van der Waals surface area contributed by atoms with E-state index in [-0.39, 0.29) is 17.1 Å². The molecule has 1 aromatic rings. The number of alkyl halides is 1. The van der Waals surface area contributed by atoms with Crippen molar-refractivity contribution < 1.29 is 18.7 Å². The first-order valence-electron chi connectivity index (χ1n) is 4.91. The second-order valence-electron chi connectivity index (χ2n) is 3.30. The van der Waals surface area contributed by atoms with Gasteiger partial charge in [-0.25, -0.2) is 4.39 Å². The second kappa shape index (κ2) is 6.70. The highest BCUT2D eigenvalue weighted by Crippen LogP contribution is 2.19. The number of hydrogen-bond acceptors (Lipinski definition) is 3. The number of rotatable bonds is 4. The van der Waals surface area contributed by atoms with Gasteiger partial charge in [-0.05, 0) is 12.1 Å². The molecule has 0 aliphatic rings. The fraction of sp³-hybridized carbons (Fsp3) is 0.273. The van der Waals surface area contributed by atoms with Crippen molar-refractivity contribution in [3.05, 3.63) is 34.6 Å². The Morgan fingerprint density at radius 2 is 2.22 bits per heavy atom. The molecule has 0 radical (unpaired) electrons. The minimum atomic E-state index is -0.673. The van der Waals surface area contributed by atoms with Crippen molar-refractivity contribution in [2.45, 2.75) is 4.83 Å². The van der Waals surface area contributed by atoms with E-state index >= 15 is 0 Å². The van der Waals surface area contributed by atoms with Gasteiger partial charge >= 0.3 is 5.97 Å². The van der Waals surface area contributed by atoms with Crippen LogP contribution in [0.3, 0.4) is 0 Å². The average Bonchev–Trinajstić information content (AvgIpc) is 2.37. The molecule has 0 saturated heterocycles. The number of benzene rings is 1. The smallest absolute Gasteiger partial charge is 0.321 e. The van der Waals surface area contributed by atoms with Gasteiger partial charge in [0.2, 0.25) is 0 Å². The Labute approximate surface area is 117 Å². The van der Waals surface area contributed by atoms with Crippen molar-refractivity contribution in [3.8, 4) is 0 Å². The highest BCUT2D eigenvalue weighted by Gasteiger charge is 2.18. The molecule has 1 unspecified atom stereocenters. The van der Waals surface area contributed by atoms with Crippen LogP contribution in [0.25, 0.3) is 0 Å². The predicted molar refractivity (Wildman–Crippen MR) is 68.5 cm³/mol. The fourth-order valence-corrected chi connectivity index (χ4v) is 1.73. The topological polar surface area (TPSA) is 55.4 Å². The zero-order valence-electron chi connectivity index (χ0n) is 9.38. The third-order valence-electron chi connectivity index (χ3n) is 2.09. The van der Waals surface area contributed by atoms with Crippen molar-refractivity contribution in [1.29, 1.82) is 0 Å². The summed E-state index contributed by atoms with van der Waals surface area (Å²) >= 11 is 8.70. The molecule has 0 heterocycles. The molecule has 0 aromatic heterocycles. The zero-order chi connectivity index (χ0) is 13.7. The number of hydrogen-bond donors (Lipinski definition) is 1. The van der Waals surface area contributed by atoms with Crippen LogP contribution in [0.15, 0.2) is 18.2 Å². The summed E-state index contributed by atoms with van der Waals surface area (Å²) in [5, 5.41) is 2.19. The van der Waals surface area contributed by atoms with Crippen LogP contribution in [0.2, 0.25) is 5.02 Å². The van der Waals surface area contributed by atoms with Crippen molar-refractivity contribution >= 4 is 39.4 Å². The van der Waals surface area contributed by atoms with Crippen molar-refractivity contribution in [3.63, 3.8) is 0 Å². The molecule has 98 valence electrons. The van der Waals surface area contributed by atoms with Gasteiger partial charge < -0.3 is 10.1 Å². The van der Waals surface area contributed by atoms with Crippen molar-refractivity contribution in [2.24, 2.45) is 0 Å². The SMILES string of the molecule is COC(=O)C(Br)CNC(=O)c1cccc(F)c1Cl. The third kappa shape index (κ3) is 3.68. The maximum Gasteiger partial charge on any atom is 0.321 e. The van der Waals surface area contributed by atoms with E-state index in [4.69, 9.17) is 11.6 Å². The van der Waals surface area contributed by atoms with Gasteiger partial charge in [0.25, 0.3) is 5.91 Å². The molecule has 1 N–H and O–H groups in total. The van der Waals surface area contributed by atoms with Gasteiger partial charge in [-0.1, -0.05) is 33.6 Å². The molecule has 0 aliphatic carbocycles. The summed E-state index contributed by atoms with van der Waals surface area (Å²) in [5.74, 6) is -1.75. The summed E-state index contributed by atoms with van der Waals surface area (Å²) in [6.45, 7) is 0.0123. The lowest BCUT2D eigenvalue weighted by atomic mass is 10.2. The molecule has 7 heteroatoms. The molecule has 0 fully saturated rings. The fourth-order valence-electron chi connectivity index (χ4n) is 1.17. The summed E-state index contributed by atoms with van der Waals surface area (Å²) in [6, 6.07) is 3.92. The number of halogens is 3. The number of ether oxygens (including phenoxy) is 1. The van der Waals surface area contributed by atoms with E-state index in [1.807, 2.05) is 0 Å². The van der Waals surface area contributed by atoms with E-state index in [0.717, 1.165) is 6.07 Å². The number of methoxy groups -OCH3 is 1. The maximum atomic E-state index is 13.1. The van der Waals surface area contributed by atoms with Crippen molar-refractivity contribution in [2.75, 3.05) is 13.7 Å². The molecule has 1 atom stereocenters. The lowest BCUT2D eigenvalue weighted by Gasteiger charge is -2.10. The monoisotopic (exact) mass is 337 g/mol. The maximum absolute atomic E-state index is 13.1. The van der Waals surface area contributed by atoms with Gasteiger partial charge in [-0.2, -0.15) is 0 Å². The number of nitrogens with one attached hydrogen (secondary N) is 1. The summed E-state index contributed by atoms with van der Waals surface area (Å²) < 4.78 is 17.6. The van der Waals surface area contributed by atoms with Crippen LogP contribution >= 0.6 is 27.5 Å². The molecule has 18 heavy (non-hydrogen) atoms. The van der Waals surface area contributed by atoms with Crippen LogP contribution < -0.4 is 5.32 Å². The first-order chi connectivity index (χ1) is 8.47. The van der Waals surface area contributed by atoms with E-state index in [1.165, 1.54) is 19.2 Å². The van der Waals surface area contributed by atoms with Crippen LogP contribution in [0.1, 0.15) is 10.4 Å². The largest absolute Gasteiger partial charge is 0.468 e. The van der Waals surface area contributed by atoms with Gasteiger partial charge in [0.05, 0.1) is 17.7 Å². The van der Waals surface area contributed by atoms with Crippen LogP contribution in [0.5, 0.6) is 0 Å². The number of amides is 1. The molecular weight excluding hydrogens is 328 g/mol. The van der Waals surface area contributed by atoms with Crippen LogP contribution in [0, 0.1) is 5.82 Å². The summed E-state index contributed by atoms with van der Waals surface area (Å²) in [4.78, 5) is 22.1. The minimum absolute atomic E-state index is 0.0123. The molecule has 1 amide bonds. The molecule has 0 aliphatic heterocycles. The predicted octanol–water partition coefficient (Wildman–Crippen LogP) is 2.15. The summed E-state index contributed by atoms with van der Waals surface area (Å²) in [7, 11) is 1.24. The van der Waals surface area contributed by atoms with Gasteiger partial charge in [0, 0.05) is 6.54 Å². The van der Waals surface area contributed by atoms with E-state index < -0.39 is 22.5 Å². The Morgan fingerprint density at radius 3 is 2.83 bits per heavy atom. The first-order valence-corrected chi connectivity index (χ1v) is 6.20. The molecule has 0 bridgehead atoms. The third-order valence-corrected chi connectivity index (χ3v) is 3.18. The Bertz CT molecular complexity index is 470. The summed E-state index contributed by atoms with van der Waals surface area (Å²) in [6.07, 6.45) is 0. The standard InChI is InChI=1S/C11H10BrClFNO3/c1-18-11(17)7(12)5-15-10(16)6-3-2-4-8(14)9(6)13/h2-4,7H,5H2,1H3,(H,15,16). The van der Waals surface area contributed by atoms with Gasteiger partial charge in [0.15, 0.2) is 0 Å². The lowest BCUT2D eigenvalue weighted by molar-refractivity contribution is -0.139. The Kier molecular flexibility index (Phi) is 5.55. The van der Waals surface area contributed by atoms with E-state index in [0.29, 0.717) is 0 Å². The molecule has 1 aromatic carbocycles. The molecular formula is C11H10BrClFNO3. The Morgan fingerprint density at radius 1 is 1.56 bits per heavy atom. The minimum Gasteiger partial charge on any atom is -0.468 e. The van der Waals surface area contributed by atoms with Gasteiger partial charge in [-0.3, -0.25) is 9.59 Å². The molecule has 1 rings (SSSR count).